The molecule has 0 aliphatic heterocycles. The van der Waals surface area contributed by atoms with Crippen molar-refractivity contribution >= 4 is 79.2 Å². The van der Waals surface area contributed by atoms with Gasteiger partial charge in [0.25, 0.3) is 5.69 Å². The van der Waals surface area contributed by atoms with Crippen LogP contribution in [0.5, 0.6) is 0 Å². The molecule has 0 spiro atoms. The highest BCUT2D eigenvalue weighted by molar-refractivity contribution is 6.14. The predicted octanol–water partition coefficient (Wildman–Crippen LogP) is 17.8. The molecule has 488 valence electrons. The van der Waals surface area contributed by atoms with Crippen LogP contribution < -0.4 is 0 Å². The Hall–Kier alpha value is -12.0. The van der Waals surface area contributed by atoms with E-state index in [2.05, 4.69) is 34.5 Å². The monoisotopic (exact) mass is 1290 g/mol. The van der Waals surface area contributed by atoms with Crippen molar-refractivity contribution in [2.75, 3.05) is 0 Å². The Kier molecular flexibility index (Phi) is 22.2. The first-order chi connectivity index (χ1) is 47.1. The van der Waals surface area contributed by atoms with Crippen molar-refractivity contribution < 1.29 is 43.0 Å². The van der Waals surface area contributed by atoms with Gasteiger partial charge >= 0.3 is 17.9 Å². The number of Topliss-reactive ketones (excluding diaryl/α,β-unsaturated/α-hetero) is 1. The number of nitro groups is 1. The summed E-state index contributed by atoms with van der Waals surface area (Å²) in [7, 11) is 0. The maximum absolute atomic E-state index is 14.6. The molecular weight excluding hydrogens is 1220 g/mol. The third-order valence-electron chi connectivity index (χ3n) is 16.6. The minimum Gasteiger partial charge on any atom is -0.318 e. The van der Waals surface area contributed by atoms with Crippen LogP contribution in [0.25, 0.3) is 49.8 Å². The Labute approximate surface area is 561 Å². The number of fused-ring (bicyclic) bond motifs is 3. The number of benzene rings is 9. The average molecular weight is 1290 g/mol. The molecule has 17 heteroatoms. The number of hydrogen-bond donors (Lipinski definition) is 0. The van der Waals surface area contributed by atoms with E-state index in [0.29, 0.717) is 53.3 Å². The number of carbonyl (C=O) groups is 4. The van der Waals surface area contributed by atoms with Crippen molar-refractivity contribution in [3.05, 3.63) is 309 Å². The summed E-state index contributed by atoms with van der Waals surface area (Å²) in [5.74, 6) is -1.54. The van der Waals surface area contributed by atoms with Crippen LogP contribution in [-0.2, 0) is 48.2 Å². The molecule has 0 amide bonds. The molecule has 0 atom stereocenters. The van der Waals surface area contributed by atoms with Crippen molar-refractivity contribution in [3.63, 3.8) is 0 Å². The number of carbonyl (C=O) groups excluding carboxylic acids is 4. The average Bonchev–Trinajstić information content (AvgIpc) is 1.66. The first-order valence-electron chi connectivity index (χ1n) is 31.9. The molecule has 0 saturated carbocycles. The number of hydrogen-bond acceptors (Lipinski definition) is 12. The van der Waals surface area contributed by atoms with Gasteiger partial charge in [-0.25, -0.2) is 18.8 Å². The smallest absolute Gasteiger partial charge is 0.318 e. The Balaban J connectivity index is 0.000000158. The highest BCUT2D eigenvalue weighted by Gasteiger charge is 2.24. The van der Waals surface area contributed by atoms with Gasteiger partial charge in [0.1, 0.15) is 11.5 Å². The van der Waals surface area contributed by atoms with Gasteiger partial charge < -0.3 is 28.2 Å². The Bertz CT molecular complexity index is 4780. The molecular formula is C80H72FN7O9. The topological polar surface area (TPSA) is 191 Å². The number of rotatable bonds is 20. The van der Waals surface area contributed by atoms with Gasteiger partial charge in [0.15, 0.2) is 5.78 Å². The van der Waals surface area contributed by atoms with Crippen LogP contribution in [0.4, 0.5) is 10.1 Å². The number of para-hydroxylation sites is 7. The fraction of sp³-hybridized carbons (Fsp3) is 0.163. The summed E-state index contributed by atoms with van der Waals surface area (Å²) in [6, 6.07) is 68.2. The van der Waals surface area contributed by atoms with E-state index in [0.717, 1.165) is 88.5 Å². The lowest BCUT2D eigenvalue weighted by molar-refractivity contribution is -0.384. The van der Waals surface area contributed by atoms with Crippen molar-refractivity contribution in [1.29, 1.82) is 0 Å². The zero-order chi connectivity index (χ0) is 68.5. The number of nitro benzene ring substituents is 1. The quantitative estimate of drug-likeness (QED) is 0.0235. The normalized spacial score (nSPS) is 11.6. The van der Waals surface area contributed by atoms with Crippen LogP contribution in [0.15, 0.2) is 252 Å². The molecule has 0 aliphatic rings. The van der Waals surface area contributed by atoms with E-state index in [1.54, 1.807) is 68.7 Å². The van der Waals surface area contributed by atoms with Gasteiger partial charge in [0.05, 0.1) is 50.0 Å². The SMILES string of the molecule is CCC(=O)O/N=C(\Cc1ccccc1C)c1cn(-c2ccccc2C(C)=O)c2ccccc12.CCC(=O)O/N=C(\Cc1ccccc1C)c1cn(-c2ccccc2F)c2ccccc12.CCC(=O)O/N=C(\Cc1ccccc1C)c1cn(-c2ccccc2[N+](=O)[O-])c2ccccc12. The van der Waals surface area contributed by atoms with E-state index in [9.17, 15) is 33.7 Å². The van der Waals surface area contributed by atoms with Crippen molar-refractivity contribution in [3.8, 4) is 17.1 Å². The molecule has 12 aromatic rings. The summed E-state index contributed by atoms with van der Waals surface area (Å²) < 4.78 is 20.2. The minimum absolute atomic E-state index is 0.000364. The van der Waals surface area contributed by atoms with E-state index in [1.807, 2.05) is 199 Å². The number of halogens is 1. The van der Waals surface area contributed by atoms with Crippen LogP contribution in [-0.4, -0.2) is 59.5 Å². The maximum atomic E-state index is 14.6. The standard InChI is InChI=1S/C28H26N2O3.C26H23FN2O2.C26H23N3O4/c1-4-28(32)33-29-25(17-21-12-6-5-11-19(21)2)24-18-30(27-16-10-8-14-23(24)27)26-15-9-7-13-22(26)20(3)31;1-3-26(30)31-28-23(16-19-11-5-4-10-18(19)2)21-17-29(24-14-8-6-12-20(21)24)25-15-9-7-13-22(25)27;1-3-26(30)33-27-22(16-19-11-5-4-10-18(19)2)21-17-28(23-13-7-6-12-20(21)23)24-14-8-9-15-25(24)29(31)32/h5-16,18H,4,17H2,1-3H3;4-15,17H,3,16H2,1-2H3;4-15,17H,3,16H2,1-2H3/b29-25+;28-23+;27-22+. The van der Waals surface area contributed by atoms with Gasteiger partial charge in [-0.3, -0.25) is 14.9 Å². The Morgan fingerprint density at radius 1 is 0.402 bits per heavy atom. The van der Waals surface area contributed by atoms with Crippen molar-refractivity contribution in [1.82, 2.24) is 13.7 Å². The van der Waals surface area contributed by atoms with Crippen LogP contribution in [0.1, 0.15) is 107 Å². The molecule has 16 nitrogen and oxygen atoms in total. The zero-order valence-electron chi connectivity index (χ0n) is 54.9. The highest BCUT2D eigenvalue weighted by atomic mass is 19.1. The molecule has 0 aliphatic carbocycles. The molecule has 0 bridgehead atoms. The Morgan fingerprint density at radius 3 is 1.08 bits per heavy atom. The third-order valence-corrected chi connectivity index (χ3v) is 16.6. The number of aromatic nitrogens is 3. The molecule has 12 rings (SSSR count). The predicted molar refractivity (Wildman–Crippen MR) is 380 cm³/mol. The van der Waals surface area contributed by atoms with Gasteiger partial charge in [-0.2, -0.15) is 0 Å². The lowest BCUT2D eigenvalue weighted by Gasteiger charge is -2.10. The zero-order valence-corrected chi connectivity index (χ0v) is 54.9. The van der Waals surface area contributed by atoms with E-state index < -0.39 is 16.9 Å². The molecule has 0 saturated heterocycles. The molecule has 3 aromatic heterocycles. The van der Waals surface area contributed by atoms with Gasteiger partial charge in [-0.05, 0) is 110 Å². The van der Waals surface area contributed by atoms with Crippen LogP contribution in [0.2, 0.25) is 0 Å². The summed E-state index contributed by atoms with van der Waals surface area (Å²) in [5, 5.41) is 27.2. The van der Waals surface area contributed by atoms with Gasteiger partial charge in [-0.1, -0.05) is 200 Å². The summed E-state index contributed by atoms with van der Waals surface area (Å²) in [5.41, 5.74) is 15.7. The van der Waals surface area contributed by atoms with Gasteiger partial charge in [-0.15, -0.1) is 0 Å². The number of ketones is 1. The largest absolute Gasteiger partial charge is 0.334 e. The molecule has 0 radical (unpaired) electrons. The lowest BCUT2D eigenvalue weighted by atomic mass is 9.98. The van der Waals surface area contributed by atoms with E-state index >= 15 is 0 Å². The van der Waals surface area contributed by atoms with E-state index in [1.165, 1.54) is 12.1 Å². The Morgan fingerprint density at radius 2 is 0.711 bits per heavy atom. The van der Waals surface area contributed by atoms with Crippen LogP contribution >= 0.6 is 0 Å². The lowest BCUT2D eigenvalue weighted by Crippen LogP contribution is -2.09. The van der Waals surface area contributed by atoms with E-state index in [4.69, 9.17) is 14.5 Å². The van der Waals surface area contributed by atoms with Crippen molar-refractivity contribution in [2.45, 2.75) is 87.0 Å². The number of oxime groups is 3. The molecule has 0 unspecified atom stereocenters. The number of aryl methyl sites for hydroxylation is 3. The summed E-state index contributed by atoms with van der Waals surface area (Å²) in [4.78, 5) is 74.8. The highest BCUT2D eigenvalue weighted by Crippen LogP contribution is 2.34. The van der Waals surface area contributed by atoms with Crippen molar-refractivity contribution in [2.24, 2.45) is 15.5 Å². The first-order valence-corrected chi connectivity index (χ1v) is 31.9. The second-order valence-electron chi connectivity index (χ2n) is 22.9. The van der Waals surface area contributed by atoms with E-state index in [-0.39, 0.29) is 42.5 Å². The molecule has 0 fully saturated rings. The second-order valence-corrected chi connectivity index (χ2v) is 22.9. The fourth-order valence-corrected chi connectivity index (χ4v) is 11.3. The molecule has 3 heterocycles. The maximum Gasteiger partial charge on any atom is 0.334 e. The fourth-order valence-electron chi connectivity index (χ4n) is 11.3. The summed E-state index contributed by atoms with van der Waals surface area (Å²) in [6.07, 6.45) is 7.77. The van der Waals surface area contributed by atoms with Crippen LogP contribution in [0, 0.1) is 36.7 Å². The molecule has 97 heavy (non-hydrogen) atoms. The minimum atomic E-state index is -0.431. The van der Waals surface area contributed by atoms with Gasteiger partial charge in [0, 0.05) is 102 Å². The number of nitrogens with zero attached hydrogens (tertiary/aromatic N) is 7. The third kappa shape index (κ3) is 16.0. The second kappa shape index (κ2) is 31.8. The first kappa shape index (κ1) is 67.9. The van der Waals surface area contributed by atoms with Crippen LogP contribution in [0.3, 0.4) is 0 Å². The summed E-state index contributed by atoms with van der Waals surface area (Å²) in [6.45, 7) is 12.8. The van der Waals surface area contributed by atoms with Gasteiger partial charge in [0.2, 0.25) is 0 Å². The molecule has 9 aromatic carbocycles. The summed E-state index contributed by atoms with van der Waals surface area (Å²) >= 11 is 0. The molecule has 0 N–H and O–H groups in total.